The van der Waals surface area contributed by atoms with Gasteiger partial charge in [-0.1, -0.05) is 30.3 Å². The van der Waals surface area contributed by atoms with E-state index in [-0.39, 0.29) is 0 Å². The third-order valence-corrected chi connectivity index (χ3v) is 1.13. The second-order valence-corrected chi connectivity index (χ2v) is 1.84. The van der Waals surface area contributed by atoms with Crippen LogP contribution in [-0.2, 0) is 0 Å². The molecule has 0 saturated carbocycles. The predicted molar refractivity (Wildman–Crippen MR) is 40.6 cm³/mol. The molecule has 10 heavy (non-hydrogen) atoms. The summed E-state index contributed by atoms with van der Waals surface area (Å²) in [5.41, 5.74) is 1.03. The van der Waals surface area contributed by atoms with Crippen molar-refractivity contribution in [1.82, 2.24) is 0 Å². The van der Waals surface area contributed by atoms with Crippen molar-refractivity contribution >= 4 is 6.08 Å². The molecule has 0 spiro atoms. The second-order valence-electron chi connectivity index (χ2n) is 1.84. The van der Waals surface area contributed by atoms with Crippen molar-refractivity contribution in [3.63, 3.8) is 0 Å². The third kappa shape index (κ3) is 1.71. The smallest absolute Gasteiger partial charge is 0.0622 e. The van der Waals surface area contributed by atoms with Crippen LogP contribution in [0, 0.1) is 5.39 Å². The van der Waals surface area contributed by atoms with Crippen LogP contribution < -0.4 is 0 Å². The first-order chi connectivity index (χ1) is 4.93. The van der Waals surface area contributed by atoms with Gasteiger partial charge in [0.2, 0.25) is 5.39 Å². The minimum absolute atomic E-state index is 1.03. The third-order valence-electron chi connectivity index (χ3n) is 1.13. The van der Waals surface area contributed by atoms with Gasteiger partial charge in [-0.3, -0.25) is 0 Å². The Bertz CT molecular complexity index is 256. The lowest BCUT2D eigenvalue weighted by Crippen LogP contribution is -1.65. The summed E-state index contributed by atoms with van der Waals surface area (Å²) in [5.74, 6) is 0. The van der Waals surface area contributed by atoms with Gasteiger partial charge in [0.05, 0.1) is 0 Å². The van der Waals surface area contributed by atoms with Crippen molar-refractivity contribution in [2.24, 2.45) is 0 Å². The number of benzene rings is 1. The van der Waals surface area contributed by atoms with Crippen LogP contribution in [0.5, 0.6) is 0 Å². The van der Waals surface area contributed by atoms with Crippen LogP contribution in [0.1, 0.15) is 5.56 Å². The molecule has 48 valence electrons. The van der Waals surface area contributed by atoms with Crippen molar-refractivity contribution in [2.75, 3.05) is 0 Å². The topological polar surface area (TPSA) is 28.1 Å². The molecule has 0 amide bonds. The number of rotatable bonds is 1. The summed E-state index contributed by atoms with van der Waals surface area (Å²) in [6.07, 6.45) is 3.06. The van der Waals surface area contributed by atoms with Gasteiger partial charge in [0.25, 0.3) is 0 Å². The zero-order valence-corrected chi connectivity index (χ0v) is 5.44. The van der Waals surface area contributed by atoms with Crippen molar-refractivity contribution < 1.29 is 0 Å². The summed E-state index contributed by atoms with van der Waals surface area (Å²) >= 11 is 0. The predicted octanol–water partition coefficient (Wildman–Crippen LogP) is 2.51. The number of hydrogen-bond donors (Lipinski definition) is 0. The molecular weight excluding hydrogens is 124 g/mol. The molecule has 0 unspecified atom stereocenters. The summed E-state index contributed by atoms with van der Waals surface area (Å²) in [6.45, 7) is 0. The van der Waals surface area contributed by atoms with Gasteiger partial charge in [-0.2, -0.15) is 0 Å². The molecule has 0 aromatic heterocycles. The van der Waals surface area contributed by atoms with Crippen molar-refractivity contribution in [2.45, 2.75) is 0 Å². The van der Waals surface area contributed by atoms with Crippen molar-refractivity contribution in [3.8, 4) is 0 Å². The lowest BCUT2D eigenvalue weighted by Gasteiger charge is -1.84. The maximum absolute atomic E-state index is 8.07. The SMILES string of the molecule is N#[N+]C=Cc1ccccc1. The minimum Gasteiger partial charge on any atom is -0.0622 e. The molecule has 0 atom stereocenters. The highest BCUT2D eigenvalue weighted by Crippen LogP contribution is 1.99. The average molecular weight is 131 g/mol. The first kappa shape index (κ1) is 6.50. The molecule has 0 bridgehead atoms. The first-order valence-electron chi connectivity index (χ1n) is 2.99. The molecule has 0 saturated heterocycles. The van der Waals surface area contributed by atoms with E-state index in [1.807, 2.05) is 30.3 Å². The van der Waals surface area contributed by atoms with E-state index in [1.165, 1.54) is 6.20 Å². The molecule has 0 aliphatic carbocycles. The summed E-state index contributed by atoms with van der Waals surface area (Å²) in [5, 5.41) is 8.07. The number of hydrogen-bond acceptors (Lipinski definition) is 1. The molecule has 1 aromatic carbocycles. The molecule has 2 heteroatoms. The van der Waals surface area contributed by atoms with Gasteiger partial charge >= 0.3 is 6.20 Å². The van der Waals surface area contributed by atoms with Crippen LogP contribution in [0.25, 0.3) is 11.1 Å². The molecule has 0 N–H and O–H groups in total. The highest BCUT2D eigenvalue weighted by Gasteiger charge is 1.84. The van der Waals surface area contributed by atoms with Crippen LogP contribution in [0.4, 0.5) is 0 Å². The molecular formula is C8H7N2+. The highest BCUT2D eigenvalue weighted by molar-refractivity contribution is 5.49. The fourth-order valence-electron chi connectivity index (χ4n) is 0.684. The molecule has 1 rings (SSSR count). The molecule has 1 aromatic rings. The summed E-state index contributed by atoms with van der Waals surface area (Å²) in [7, 11) is 0. The maximum Gasteiger partial charge on any atom is 0.351 e. The monoisotopic (exact) mass is 131 g/mol. The average Bonchev–Trinajstić information content (AvgIpc) is 2.03. The number of diazo groups is 1. The van der Waals surface area contributed by atoms with E-state index in [0.717, 1.165) is 5.56 Å². The van der Waals surface area contributed by atoms with E-state index in [2.05, 4.69) is 4.98 Å². The fourth-order valence-corrected chi connectivity index (χ4v) is 0.684. The minimum atomic E-state index is 1.03. The Kier molecular flexibility index (Phi) is 2.22. The van der Waals surface area contributed by atoms with Gasteiger partial charge in [0, 0.05) is 6.08 Å². The van der Waals surface area contributed by atoms with E-state index < -0.39 is 0 Å². The standard InChI is InChI=1S/C8H7N2/c9-10-7-6-8-4-2-1-3-5-8/h1-7H/q+1. The summed E-state index contributed by atoms with van der Waals surface area (Å²) in [4.78, 5) is 2.85. The Labute approximate surface area is 59.4 Å². The molecule has 0 radical (unpaired) electrons. The van der Waals surface area contributed by atoms with Crippen LogP contribution >= 0.6 is 0 Å². The summed E-state index contributed by atoms with van der Waals surface area (Å²) < 4.78 is 0. The molecule has 0 fully saturated rings. The fraction of sp³-hybridized carbons (Fsp3) is 0. The van der Waals surface area contributed by atoms with Gasteiger partial charge < -0.3 is 0 Å². The molecule has 2 nitrogen and oxygen atoms in total. The van der Waals surface area contributed by atoms with Gasteiger partial charge in [0.1, 0.15) is 0 Å². The first-order valence-corrected chi connectivity index (χ1v) is 2.99. The van der Waals surface area contributed by atoms with Gasteiger partial charge in [0.15, 0.2) is 4.98 Å². The van der Waals surface area contributed by atoms with E-state index in [1.54, 1.807) is 6.08 Å². The van der Waals surface area contributed by atoms with Crippen LogP contribution in [0.15, 0.2) is 36.5 Å². The summed E-state index contributed by atoms with van der Waals surface area (Å²) in [6, 6.07) is 9.66. The Balaban J connectivity index is 2.79. The van der Waals surface area contributed by atoms with Crippen molar-refractivity contribution in [1.29, 1.82) is 5.39 Å². The normalized spacial score (nSPS) is 9.50. The van der Waals surface area contributed by atoms with Gasteiger partial charge in [-0.15, -0.1) is 0 Å². The Morgan fingerprint density at radius 1 is 1.20 bits per heavy atom. The molecule has 0 heterocycles. The van der Waals surface area contributed by atoms with Crippen LogP contribution in [-0.4, -0.2) is 0 Å². The maximum atomic E-state index is 8.07. The quantitative estimate of drug-likeness (QED) is 0.538. The van der Waals surface area contributed by atoms with Crippen LogP contribution in [0.2, 0.25) is 0 Å². The Morgan fingerprint density at radius 2 is 1.90 bits per heavy atom. The molecule has 0 aliphatic rings. The second kappa shape index (κ2) is 3.41. The van der Waals surface area contributed by atoms with Crippen LogP contribution in [0.3, 0.4) is 0 Å². The van der Waals surface area contributed by atoms with Gasteiger partial charge in [-0.05, 0) is 5.56 Å². The van der Waals surface area contributed by atoms with Crippen molar-refractivity contribution in [3.05, 3.63) is 47.1 Å². The van der Waals surface area contributed by atoms with E-state index in [0.29, 0.717) is 0 Å². The number of nitrogens with zero attached hydrogens (tertiary/aromatic N) is 2. The zero-order valence-electron chi connectivity index (χ0n) is 5.44. The highest BCUT2D eigenvalue weighted by atomic mass is 14.8. The van der Waals surface area contributed by atoms with E-state index in [4.69, 9.17) is 5.39 Å². The lowest BCUT2D eigenvalue weighted by atomic mass is 10.2. The lowest BCUT2D eigenvalue weighted by molar-refractivity contribution is 1.47. The van der Waals surface area contributed by atoms with E-state index in [9.17, 15) is 0 Å². The van der Waals surface area contributed by atoms with E-state index >= 15 is 0 Å². The van der Waals surface area contributed by atoms with Gasteiger partial charge in [-0.25, -0.2) is 0 Å². The Hall–Kier alpha value is -1.62. The zero-order chi connectivity index (χ0) is 7.23. The Morgan fingerprint density at radius 3 is 2.50 bits per heavy atom. The molecule has 0 aliphatic heterocycles. The largest absolute Gasteiger partial charge is 0.351 e.